The number of benzene rings is 2. The summed E-state index contributed by atoms with van der Waals surface area (Å²) in [6.07, 6.45) is 7.63. The molecule has 7 heteroatoms. The van der Waals surface area contributed by atoms with Crippen molar-refractivity contribution >= 4 is 23.8 Å². The van der Waals surface area contributed by atoms with Crippen LogP contribution in [-0.2, 0) is 44.2 Å². The minimum absolute atomic E-state index is 0. The van der Waals surface area contributed by atoms with Crippen molar-refractivity contribution in [2.75, 3.05) is 0 Å². The summed E-state index contributed by atoms with van der Waals surface area (Å²) < 4.78 is 0. The van der Waals surface area contributed by atoms with Crippen LogP contribution in [0.5, 0.6) is 0 Å². The summed E-state index contributed by atoms with van der Waals surface area (Å²) in [4.78, 5) is 14.5. The molecule has 0 radical (unpaired) electrons. The van der Waals surface area contributed by atoms with Crippen molar-refractivity contribution in [3.8, 4) is 0 Å². The molecule has 2 aromatic carbocycles. The summed E-state index contributed by atoms with van der Waals surface area (Å²) in [5.41, 5.74) is 11.6. The van der Waals surface area contributed by atoms with Crippen molar-refractivity contribution in [3.05, 3.63) is 87.2 Å². The molecule has 0 aliphatic rings. The van der Waals surface area contributed by atoms with Gasteiger partial charge in [0.2, 0.25) is 0 Å². The van der Waals surface area contributed by atoms with Gasteiger partial charge in [0.05, 0.1) is 35.2 Å². The predicted octanol–water partition coefficient (Wildman–Crippen LogP) is -1.54. The SMILES string of the molecule is CCc1cc(C)cc(CC)c1N=Cc1cccc(C=Nc2c(CC)cc(C)cc2CC)n1.[Cl-].[Cl-].[Cl-].[V+3]. The number of rotatable bonds is 8. The van der Waals surface area contributed by atoms with Crippen molar-refractivity contribution in [3.63, 3.8) is 0 Å². The average Bonchev–Trinajstić information content (AvgIpc) is 2.81. The molecule has 0 saturated carbocycles. The molecule has 0 spiro atoms. The minimum atomic E-state index is 0. The second-order valence-electron chi connectivity index (χ2n) is 8.28. The Kier molecular flexibility index (Phi) is 18.0. The summed E-state index contributed by atoms with van der Waals surface area (Å²) in [7, 11) is 0. The summed E-state index contributed by atoms with van der Waals surface area (Å²) in [5, 5.41) is 0. The zero-order valence-electron chi connectivity index (χ0n) is 21.9. The Balaban J connectivity index is 0. The van der Waals surface area contributed by atoms with E-state index in [1.807, 2.05) is 30.6 Å². The standard InChI is InChI=1S/C29H35N3.3ClH.V/c1-7-22-14-20(5)15-23(8-2)28(22)30-18-26-12-11-13-27(32-26)19-31-29-24(9-3)16-21(6)17-25(29)10-4;;;;/h11-19H,7-10H2,1-6H3;3*1H;/q;;;;+3/p-3. The maximum absolute atomic E-state index is 4.85. The van der Waals surface area contributed by atoms with Crippen LogP contribution in [0.15, 0.2) is 52.4 Å². The van der Waals surface area contributed by atoms with Crippen molar-refractivity contribution < 1.29 is 55.8 Å². The van der Waals surface area contributed by atoms with Gasteiger partial charge in [0.1, 0.15) is 0 Å². The van der Waals surface area contributed by atoms with Crippen molar-refractivity contribution in [2.45, 2.75) is 67.2 Å². The molecule has 3 rings (SSSR count). The van der Waals surface area contributed by atoms with Crippen LogP contribution < -0.4 is 37.2 Å². The zero-order chi connectivity index (χ0) is 23.1. The van der Waals surface area contributed by atoms with Crippen LogP contribution in [0.25, 0.3) is 0 Å². The van der Waals surface area contributed by atoms with Gasteiger partial charge in [-0.15, -0.1) is 0 Å². The summed E-state index contributed by atoms with van der Waals surface area (Å²) >= 11 is 0. The third-order valence-corrected chi connectivity index (χ3v) is 5.79. The molecule has 3 aromatic rings. The molecule has 0 N–H and O–H groups in total. The first-order chi connectivity index (χ1) is 15.5. The minimum Gasteiger partial charge on any atom is -1.00 e. The fraction of sp³-hybridized carbons (Fsp3) is 0.345. The van der Waals surface area contributed by atoms with E-state index < -0.39 is 0 Å². The molecule has 0 fully saturated rings. The smallest absolute Gasteiger partial charge is 1.00 e. The van der Waals surface area contributed by atoms with E-state index in [-0.39, 0.29) is 55.8 Å². The summed E-state index contributed by atoms with van der Waals surface area (Å²) in [6, 6.07) is 14.9. The van der Waals surface area contributed by atoms with E-state index in [4.69, 9.17) is 15.0 Å². The molecule has 0 unspecified atom stereocenters. The van der Waals surface area contributed by atoms with Crippen LogP contribution in [0.4, 0.5) is 11.4 Å². The third kappa shape index (κ3) is 9.36. The molecule has 3 nitrogen and oxygen atoms in total. The van der Waals surface area contributed by atoms with Gasteiger partial charge in [-0.2, -0.15) is 0 Å². The van der Waals surface area contributed by atoms with Crippen LogP contribution in [0.1, 0.15) is 72.5 Å². The van der Waals surface area contributed by atoms with Gasteiger partial charge in [-0.25, -0.2) is 4.98 Å². The maximum Gasteiger partial charge on any atom is 3.00 e. The van der Waals surface area contributed by atoms with Gasteiger partial charge >= 0.3 is 18.6 Å². The Labute approximate surface area is 247 Å². The molecule has 0 aliphatic carbocycles. The molecular weight excluding hydrogens is 548 g/mol. The first kappa shape index (κ1) is 36.5. The predicted molar refractivity (Wildman–Crippen MR) is 139 cm³/mol. The molecular formula is C29H35Cl3N3V. The van der Waals surface area contributed by atoms with E-state index in [1.54, 1.807) is 0 Å². The fourth-order valence-corrected chi connectivity index (χ4v) is 4.15. The van der Waals surface area contributed by atoms with E-state index in [9.17, 15) is 0 Å². The number of aryl methyl sites for hydroxylation is 6. The van der Waals surface area contributed by atoms with Gasteiger partial charge in [-0.3, -0.25) is 9.98 Å². The Hall–Kier alpha value is -1.62. The zero-order valence-corrected chi connectivity index (χ0v) is 25.6. The largest absolute Gasteiger partial charge is 3.00 e. The van der Waals surface area contributed by atoms with Gasteiger partial charge in [0.25, 0.3) is 0 Å². The van der Waals surface area contributed by atoms with Crippen LogP contribution in [0.3, 0.4) is 0 Å². The molecule has 1 aromatic heterocycles. The normalized spacial score (nSPS) is 10.4. The second kappa shape index (κ2) is 17.8. The molecule has 0 bridgehead atoms. The number of hydrogen-bond donors (Lipinski definition) is 0. The molecule has 36 heavy (non-hydrogen) atoms. The quantitative estimate of drug-likeness (QED) is 0.297. The molecule has 1 heterocycles. The fourth-order valence-electron chi connectivity index (χ4n) is 4.15. The van der Waals surface area contributed by atoms with Crippen molar-refractivity contribution in [2.24, 2.45) is 9.98 Å². The average molecular weight is 583 g/mol. The second-order valence-corrected chi connectivity index (χ2v) is 8.28. The van der Waals surface area contributed by atoms with Gasteiger partial charge in [-0.1, -0.05) is 69.2 Å². The number of aliphatic imine (C=N–C) groups is 2. The monoisotopic (exact) mass is 581 g/mol. The molecule has 0 aliphatic heterocycles. The third-order valence-electron chi connectivity index (χ3n) is 5.79. The van der Waals surface area contributed by atoms with E-state index >= 15 is 0 Å². The Morgan fingerprint density at radius 1 is 0.611 bits per heavy atom. The number of hydrogen-bond acceptors (Lipinski definition) is 3. The Morgan fingerprint density at radius 3 is 1.19 bits per heavy atom. The molecule has 0 saturated heterocycles. The van der Waals surface area contributed by atoms with E-state index in [2.05, 4.69) is 65.8 Å². The van der Waals surface area contributed by atoms with Gasteiger partial charge < -0.3 is 37.2 Å². The Bertz CT molecular complexity index is 1020. The van der Waals surface area contributed by atoms with Crippen LogP contribution in [-0.4, -0.2) is 17.4 Å². The Morgan fingerprint density at radius 2 is 0.917 bits per heavy atom. The van der Waals surface area contributed by atoms with E-state index in [0.29, 0.717) is 0 Å². The topological polar surface area (TPSA) is 37.6 Å². The van der Waals surface area contributed by atoms with Crippen LogP contribution >= 0.6 is 0 Å². The van der Waals surface area contributed by atoms with E-state index in [0.717, 1.165) is 48.4 Å². The van der Waals surface area contributed by atoms with E-state index in [1.165, 1.54) is 33.4 Å². The number of pyridine rings is 1. The van der Waals surface area contributed by atoms with Crippen LogP contribution in [0.2, 0.25) is 0 Å². The number of nitrogens with zero attached hydrogens (tertiary/aromatic N) is 3. The van der Waals surface area contributed by atoms with Gasteiger partial charge in [0.15, 0.2) is 0 Å². The first-order valence-corrected chi connectivity index (χ1v) is 11.8. The number of halogens is 3. The molecule has 0 amide bonds. The van der Waals surface area contributed by atoms with Gasteiger partial charge in [-0.05, 0) is 73.9 Å². The first-order valence-electron chi connectivity index (χ1n) is 11.8. The maximum atomic E-state index is 4.85. The van der Waals surface area contributed by atoms with Gasteiger partial charge in [0, 0.05) is 0 Å². The molecule has 192 valence electrons. The van der Waals surface area contributed by atoms with Crippen molar-refractivity contribution in [1.82, 2.24) is 4.98 Å². The summed E-state index contributed by atoms with van der Waals surface area (Å²) in [6.45, 7) is 13.0. The molecule has 0 atom stereocenters. The van der Waals surface area contributed by atoms with Crippen LogP contribution in [0, 0.1) is 13.8 Å². The van der Waals surface area contributed by atoms with Crippen molar-refractivity contribution in [1.29, 1.82) is 0 Å². The summed E-state index contributed by atoms with van der Waals surface area (Å²) in [5.74, 6) is 0. The number of aromatic nitrogens is 1.